The molecule has 1 N–H and O–H groups in total. The van der Waals surface area contributed by atoms with Crippen molar-refractivity contribution >= 4 is 33.1 Å². The number of nitrogens with one attached hydrogen (secondary N) is 1. The van der Waals surface area contributed by atoms with Crippen LogP contribution in [0, 0.1) is 28.9 Å². The molecule has 3 heterocycles. The zero-order chi connectivity index (χ0) is 24.0. The third kappa shape index (κ3) is 4.79. The number of halogens is 4. The maximum absolute atomic E-state index is 15.1. The lowest BCUT2D eigenvalue weighted by atomic mass is 9.72. The molecule has 2 saturated heterocycles. The fourth-order valence-electron chi connectivity index (χ4n) is 4.92. The number of pyridine rings is 1. The van der Waals surface area contributed by atoms with Gasteiger partial charge in [-0.3, -0.25) is 4.72 Å². The van der Waals surface area contributed by atoms with Gasteiger partial charge in [0.25, 0.3) is 10.0 Å². The second-order valence-electron chi connectivity index (χ2n) is 9.19. The van der Waals surface area contributed by atoms with Crippen molar-refractivity contribution in [2.24, 2.45) is 11.3 Å². The average Bonchev–Trinajstić information content (AvgIpc) is 3.13. The Kier molecular flexibility index (Phi) is 6.54. The van der Waals surface area contributed by atoms with Crippen LogP contribution in [-0.4, -0.2) is 51.5 Å². The van der Waals surface area contributed by atoms with Crippen molar-refractivity contribution in [1.82, 2.24) is 9.88 Å². The van der Waals surface area contributed by atoms with Crippen molar-refractivity contribution < 1.29 is 21.6 Å². The Morgan fingerprint density at radius 3 is 2.55 bits per heavy atom. The van der Waals surface area contributed by atoms with Crippen molar-refractivity contribution in [1.29, 1.82) is 0 Å². The summed E-state index contributed by atoms with van der Waals surface area (Å²) in [6.07, 6.45) is 2.98. The summed E-state index contributed by atoms with van der Waals surface area (Å²) in [5.41, 5.74) is 0.110. The number of sulfonamides is 1. The van der Waals surface area contributed by atoms with Gasteiger partial charge in [-0.1, -0.05) is 24.6 Å². The minimum Gasteiger partial charge on any atom is -0.370 e. The first-order chi connectivity index (χ1) is 15.5. The molecular weight excluding hydrogens is 477 g/mol. The fourth-order valence-corrected chi connectivity index (χ4v) is 6.39. The summed E-state index contributed by atoms with van der Waals surface area (Å²) in [6.45, 7) is 5.38. The Labute approximate surface area is 196 Å². The van der Waals surface area contributed by atoms with Gasteiger partial charge in [0, 0.05) is 19.2 Å². The topological polar surface area (TPSA) is 65.5 Å². The van der Waals surface area contributed by atoms with Crippen LogP contribution in [0.3, 0.4) is 0 Å². The quantitative estimate of drug-likeness (QED) is 0.481. The Morgan fingerprint density at radius 1 is 1.18 bits per heavy atom. The molecule has 4 rings (SSSR count). The lowest BCUT2D eigenvalue weighted by Crippen LogP contribution is -2.39. The van der Waals surface area contributed by atoms with E-state index in [0.717, 1.165) is 44.5 Å². The standard InChI is InChI=1S/C22H26ClF3N4O2S/c1-22(14-6-9-29(2)10-7-14)8-11-30(13-22)16-12-15(24)21(20(26)19(16)23)33(31,32)28-18-5-3-4-17(25)27-18/h3-5,12,14H,6-11,13H2,1-2H3,(H,27,28)/t22-/m0/s1. The van der Waals surface area contributed by atoms with Gasteiger partial charge in [0.15, 0.2) is 10.7 Å². The molecule has 2 aliphatic heterocycles. The molecule has 0 unspecified atom stereocenters. The van der Waals surface area contributed by atoms with Gasteiger partial charge < -0.3 is 9.80 Å². The van der Waals surface area contributed by atoms with Crippen LogP contribution in [0.25, 0.3) is 0 Å². The molecule has 0 spiro atoms. The van der Waals surface area contributed by atoms with E-state index in [-0.39, 0.29) is 11.1 Å². The van der Waals surface area contributed by atoms with Crippen molar-refractivity contribution in [3.63, 3.8) is 0 Å². The smallest absolute Gasteiger partial charge is 0.268 e. The Hall–Kier alpha value is -2.04. The molecular formula is C22H26ClF3N4O2S. The predicted octanol–water partition coefficient (Wildman–Crippen LogP) is 4.51. The molecule has 0 aliphatic carbocycles. The molecule has 2 fully saturated rings. The number of piperidine rings is 1. The van der Waals surface area contributed by atoms with Crippen LogP contribution in [0.1, 0.15) is 26.2 Å². The average molecular weight is 503 g/mol. The third-order valence-corrected chi connectivity index (χ3v) is 8.62. The number of rotatable bonds is 5. The third-order valence-electron chi connectivity index (χ3n) is 6.87. The second-order valence-corrected chi connectivity index (χ2v) is 11.2. The molecule has 33 heavy (non-hydrogen) atoms. The van der Waals surface area contributed by atoms with Crippen LogP contribution < -0.4 is 9.62 Å². The number of hydrogen-bond donors (Lipinski definition) is 1. The SMILES string of the molecule is CN1CCC([C@@]2(C)CCN(c3cc(F)c(S(=O)(=O)Nc4cccc(F)n4)c(F)c3Cl)C2)CC1. The molecule has 2 aromatic rings. The van der Waals surface area contributed by atoms with E-state index in [4.69, 9.17) is 11.6 Å². The van der Waals surface area contributed by atoms with Crippen molar-refractivity contribution in [3.8, 4) is 0 Å². The molecule has 0 amide bonds. The van der Waals surface area contributed by atoms with Gasteiger partial charge in [-0.2, -0.15) is 4.39 Å². The number of nitrogens with zero attached hydrogens (tertiary/aromatic N) is 3. The Balaban J connectivity index is 1.60. The van der Waals surface area contributed by atoms with Crippen LogP contribution in [0.2, 0.25) is 5.02 Å². The zero-order valence-electron chi connectivity index (χ0n) is 18.4. The maximum atomic E-state index is 15.1. The minimum atomic E-state index is -4.74. The molecule has 0 radical (unpaired) electrons. The largest absolute Gasteiger partial charge is 0.370 e. The molecule has 6 nitrogen and oxygen atoms in total. The van der Waals surface area contributed by atoms with Gasteiger partial charge in [0.05, 0.1) is 5.69 Å². The van der Waals surface area contributed by atoms with Gasteiger partial charge in [-0.05, 0) is 62.9 Å². The lowest BCUT2D eigenvalue weighted by Gasteiger charge is -2.39. The highest BCUT2D eigenvalue weighted by Gasteiger charge is 2.42. The van der Waals surface area contributed by atoms with Gasteiger partial charge in [-0.15, -0.1) is 0 Å². The summed E-state index contributed by atoms with van der Waals surface area (Å²) in [7, 11) is -2.64. The summed E-state index contributed by atoms with van der Waals surface area (Å²) < 4.78 is 70.6. The van der Waals surface area contributed by atoms with E-state index in [9.17, 15) is 17.2 Å². The first kappa shape index (κ1) is 24.1. The summed E-state index contributed by atoms with van der Waals surface area (Å²) in [5.74, 6) is -3.50. The van der Waals surface area contributed by atoms with Gasteiger partial charge in [0.2, 0.25) is 5.95 Å². The highest BCUT2D eigenvalue weighted by atomic mass is 35.5. The maximum Gasteiger partial charge on any atom is 0.268 e. The van der Waals surface area contributed by atoms with Crippen LogP contribution in [0.15, 0.2) is 29.2 Å². The number of likely N-dealkylation sites (tertiary alicyclic amines) is 1. The molecule has 1 aromatic carbocycles. The van der Waals surface area contributed by atoms with E-state index < -0.39 is 43.3 Å². The highest BCUT2D eigenvalue weighted by molar-refractivity contribution is 7.92. The zero-order valence-corrected chi connectivity index (χ0v) is 20.0. The van der Waals surface area contributed by atoms with Crippen LogP contribution in [0.5, 0.6) is 0 Å². The number of anilines is 2. The normalized spacial score (nSPS) is 22.7. The van der Waals surface area contributed by atoms with Crippen molar-refractivity contribution in [3.05, 3.63) is 46.9 Å². The lowest BCUT2D eigenvalue weighted by molar-refractivity contribution is 0.117. The molecule has 1 aromatic heterocycles. The van der Waals surface area contributed by atoms with Gasteiger partial charge >= 0.3 is 0 Å². The van der Waals surface area contributed by atoms with Gasteiger partial charge in [-0.25, -0.2) is 22.2 Å². The second kappa shape index (κ2) is 8.96. The minimum absolute atomic E-state index is 0.0209. The van der Waals surface area contributed by atoms with E-state index >= 15 is 4.39 Å². The molecule has 0 bridgehead atoms. The van der Waals surface area contributed by atoms with Crippen molar-refractivity contribution in [2.45, 2.75) is 31.1 Å². The number of hydrogen-bond acceptors (Lipinski definition) is 5. The molecule has 1 atom stereocenters. The van der Waals surface area contributed by atoms with E-state index in [0.29, 0.717) is 19.0 Å². The molecule has 11 heteroatoms. The van der Waals surface area contributed by atoms with Gasteiger partial charge in [0.1, 0.15) is 16.7 Å². The van der Waals surface area contributed by atoms with E-state index in [1.54, 1.807) is 0 Å². The Morgan fingerprint density at radius 2 is 1.88 bits per heavy atom. The van der Waals surface area contributed by atoms with Crippen LogP contribution in [0.4, 0.5) is 24.7 Å². The monoisotopic (exact) mass is 502 g/mol. The summed E-state index contributed by atoms with van der Waals surface area (Å²) >= 11 is 6.22. The summed E-state index contributed by atoms with van der Waals surface area (Å²) in [6, 6.07) is 4.36. The summed E-state index contributed by atoms with van der Waals surface area (Å²) in [4.78, 5) is 6.26. The van der Waals surface area contributed by atoms with Crippen LogP contribution in [-0.2, 0) is 10.0 Å². The highest BCUT2D eigenvalue weighted by Crippen LogP contribution is 2.46. The molecule has 0 saturated carbocycles. The van der Waals surface area contributed by atoms with E-state index in [1.807, 2.05) is 9.62 Å². The van der Waals surface area contributed by atoms with Crippen LogP contribution >= 0.6 is 11.6 Å². The summed E-state index contributed by atoms with van der Waals surface area (Å²) in [5, 5.41) is -0.461. The molecule has 2 aliphatic rings. The van der Waals surface area contributed by atoms with E-state index in [1.165, 1.54) is 12.1 Å². The van der Waals surface area contributed by atoms with Crippen molar-refractivity contribution in [2.75, 3.05) is 42.8 Å². The predicted molar refractivity (Wildman–Crippen MR) is 122 cm³/mol. The first-order valence-electron chi connectivity index (χ1n) is 10.8. The van der Waals surface area contributed by atoms with E-state index in [2.05, 4.69) is 23.9 Å². The number of benzene rings is 1. The molecule has 180 valence electrons. The fraction of sp³-hybridized carbons (Fsp3) is 0.500. The Bertz CT molecular complexity index is 1160. The number of aromatic nitrogens is 1. The first-order valence-corrected chi connectivity index (χ1v) is 12.6.